The van der Waals surface area contributed by atoms with Crippen LogP contribution in [0.25, 0.3) is 0 Å². The second kappa shape index (κ2) is 3.75. The molecule has 0 aromatic heterocycles. The van der Waals surface area contributed by atoms with E-state index in [9.17, 15) is 9.59 Å². The van der Waals surface area contributed by atoms with Gasteiger partial charge >= 0.3 is 5.97 Å². The van der Waals surface area contributed by atoms with Gasteiger partial charge in [0.15, 0.2) is 0 Å². The van der Waals surface area contributed by atoms with Crippen LogP contribution in [0.2, 0.25) is 0 Å². The second-order valence-electron chi connectivity index (χ2n) is 2.34. The van der Waals surface area contributed by atoms with Crippen LogP contribution in [0.3, 0.4) is 0 Å². The van der Waals surface area contributed by atoms with Gasteiger partial charge in [-0.2, -0.15) is 0 Å². The molecule has 0 aromatic rings. The third kappa shape index (κ3) is 3.40. The molecule has 0 bridgehead atoms. The Bertz CT molecular complexity index is 208. The summed E-state index contributed by atoms with van der Waals surface area (Å²) >= 11 is 0. The normalized spacial score (nSPS) is 14.2. The summed E-state index contributed by atoms with van der Waals surface area (Å²) < 4.78 is 0. The monoisotopic (exact) mass is 157 g/mol. The van der Waals surface area contributed by atoms with E-state index in [4.69, 9.17) is 10.8 Å². The van der Waals surface area contributed by atoms with E-state index in [1.807, 2.05) is 0 Å². The van der Waals surface area contributed by atoms with Crippen LogP contribution in [-0.2, 0) is 9.59 Å². The minimum Gasteiger partial charge on any atom is -0.481 e. The standard InChI is InChI=1S/C7H11NO3/c1-4(6(8)9)3-5(2)7(10)11/h3,5H,1-2H3,(H2,8,9)(H,10,11)/b4-3+. The molecule has 1 amide bonds. The van der Waals surface area contributed by atoms with Gasteiger partial charge in [-0.3, -0.25) is 9.59 Å². The Morgan fingerprint density at radius 2 is 2.00 bits per heavy atom. The minimum absolute atomic E-state index is 0.278. The summed E-state index contributed by atoms with van der Waals surface area (Å²) in [6.07, 6.45) is 1.32. The smallest absolute Gasteiger partial charge is 0.310 e. The molecule has 11 heavy (non-hydrogen) atoms. The molecule has 0 aliphatic heterocycles. The number of primary amides is 1. The molecule has 0 aliphatic carbocycles. The first-order valence-corrected chi connectivity index (χ1v) is 3.16. The molecule has 1 atom stereocenters. The van der Waals surface area contributed by atoms with Crippen LogP contribution in [0.4, 0.5) is 0 Å². The lowest BCUT2D eigenvalue weighted by molar-refractivity contribution is -0.139. The van der Waals surface area contributed by atoms with E-state index in [0.29, 0.717) is 0 Å². The molecule has 0 saturated carbocycles. The fourth-order valence-electron chi connectivity index (χ4n) is 0.528. The molecule has 4 nitrogen and oxygen atoms in total. The molecular weight excluding hydrogens is 146 g/mol. The average Bonchev–Trinajstić information content (AvgIpc) is 1.87. The van der Waals surface area contributed by atoms with E-state index < -0.39 is 17.8 Å². The van der Waals surface area contributed by atoms with Crippen molar-refractivity contribution in [2.75, 3.05) is 0 Å². The summed E-state index contributed by atoms with van der Waals surface area (Å²) in [6.45, 7) is 2.97. The highest BCUT2D eigenvalue weighted by atomic mass is 16.4. The van der Waals surface area contributed by atoms with Crippen LogP contribution in [0.1, 0.15) is 13.8 Å². The molecule has 0 aromatic carbocycles. The van der Waals surface area contributed by atoms with Crippen molar-refractivity contribution in [1.29, 1.82) is 0 Å². The van der Waals surface area contributed by atoms with E-state index in [2.05, 4.69) is 0 Å². The molecule has 0 rings (SSSR count). The summed E-state index contributed by atoms with van der Waals surface area (Å²) in [5, 5.41) is 8.42. The van der Waals surface area contributed by atoms with Gasteiger partial charge in [0.1, 0.15) is 0 Å². The van der Waals surface area contributed by atoms with Crippen molar-refractivity contribution in [1.82, 2.24) is 0 Å². The summed E-state index contributed by atoms with van der Waals surface area (Å²) in [4.78, 5) is 20.7. The van der Waals surface area contributed by atoms with E-state index in [-0.39, 0.29) is 5.57 Å². The summed E-state index contributed by atoms with van der Waals surface area (Å²) in [6, 6.07) is 0. The maximum absolute atomic E-state index is 10.4. The fourth-order valence-corrected chi connectivity index (χ4v) is 0.528. The zero-order chi connectivity index (χ0) is 9.02. The summed E-state index contributed by atoms with van der Waals surface area (Å²) in [5.74, 6) is -2.22. The van der Waals surface area contributed by atoms with E-state index in [1.165, 1.54) is 19.9 Å². The van der Waals surface area contributed by atoms with Crippen molar-refractivity contribution in [3.63, 3.8) is 0 Å². The zero-order valence-electron chi connectivity index (χ0n) is 6.50. The number of carbonyl (C=O) groups is 2. The number of carbonyl (C=O) groups excluding carboxylic acids is 1. The average molecular weight is 157 g/mol. The van der Waals surface area contributed by atoms with Gasteiger partial charge in [-0.15, -0.1) is 0 Å². The maximum atomic E-state index is 10.4. The Labute approximate surface area is 64.7 Å². The Morgan fingerprint density at radius 3 is 2.27 bits per heavy atom. The van der Waals surface area contributed by atoms with Gasteiger partial charge in [0.2, 0.25) is 5.91 Å². The molecule has 4 heteroatoms. The van der Waals surface area contributed by atoms with E-state index >= 15 is 0 Å². The predicted octanol–water partition coefficient (Wildman–Crippen LogP) is 0.139. The van der Waals surface area contributed by atoms with Gasteiger partial charge in [-0.1, -0.05) is 6.08 Å². The number of carboxylic acids is 1. The molecule has 62 valence electrons. The lowest BCUT2D eigenvalue weighted by Crippen LogP contribution is -2.14. The number of rotatable bonds is 3. The SMILES string of the molecule is C/C(=C\C(C)C(=O)O)C(N)=O. The third-order valence-corrected chi connectivity index (χ3v) is 1.28. The number of carboxylic acid groups (broad SMARTS) is 1. The first-order valence-electron chi connectivity index (χ1n) is 3.16. The topological polar surface area (TPSA) is 80.4 Å². The molecular formula is C7H11NO3. The Hall–Kier alpha value is -1.32. The Kier molecular flexibility index (Phi) is 3.30. The first kappa shape index (κ1) is 9.68. The highest BCUT2D eigenvalue weighted by Gasteiger charge is 2.08. The van der Waals surface area contributed by atoms with E-state index in [1.54, 1.807) is 0 Å². The predicted molar refractivity (Wildman–Crippen MR) is 39.8 cm³/mol. The number of aliphatic carboxylic acids is 1. The van der Waals surface area contributed by atoms with Crippen LogP contribution < -0.4 is 5.73 Å². The zero-order valence-corrected chi connectivity index (χ0v) is 6.50. The van der Waals surface area contributed by atoms with Gasteiger partial charge in [0, 0.05) is 5.57 Å². The molecule has 0 heterocycles. The first-order chi connectivity index (χ1) is 4.95. The molecule has 0 spiro atoms. The van der Waals surface area contributed by atoms with Crippen LogP contribution in [0.15, 0.2) is 11.6 Å². The van der Waals surface area contributed by atoms with Crippen LogP contribution in [0.5, 0.6) is 0 Å². The minimum atomic E-state index is -0.967. The molecule has 1 unspecified atom stereocenters. The quantitative estimate of drug-likeness (QED) is 0.572. The summed E-state index contributed by atoms with van der Waals surface area (Å²) in [5.41, 5.74) is 5.16. The van der Waals surface area contributed by atoms with E-state index in [0.717, 1.165) is 0 Å². The molecule has 0 fully saturated rings. The maximum Gasteiger partial charge on any atom is 0.310 e. The van der Waals surface area contributed by atoms with Crippen LogP contribution in [0, 0.1) is 5.92 Å². The third-order valence-electron chi connectivity index (χ3n) is 1.28. The summed E-state index contributed by atoms with van der Waals surface area (Å²) in [7, 11) is 0. The van der Waals surface area contributed by atoms with Gasteiger partial charge in [0.05, 0.1) is 5.92 Å². The molecule has 0 saturated heterocycles. The van der Waals surface area contributed by atoms with Crippen molar-refractivity contribution in [2.45, 2.75) is 13.8 Å². The number of hydrogen-bond donors (Lipinski definition) is 2. The molecule has 3 N–H and O–H groups in total. The Morgan fingerprint density at radius 1 is 1.55 bits per heavy atom. The van der Waals surface area contributed by atoms with Crippen molar-refractivity contribution in [3.8, 4) is 0 Å². The Balaban J connectivity index is 4.31. The van der Waals surface area contributed by atoms with Gasteiger partial charge in [-0.05, 0) is 13.8 Å². The van der Waals surface area contributed by atoms with Crippen molar-refractivity contribution >= 4 is 11.9 Å². The number of amides is 1. The van der Waals surface area contributed by atoms with Crippen LogP contribution in [-0.4, -0.2) is 17.0 Å². The number of hydrogen-bond acceptors (Lipinski definition) is 2. The van der Waals surface area contributed by atoms with Crippen molar-refractivity contribution in [2.24, 2.45) is 11.7 Å². The highest BCUT2D eigenvalue weighted by molar-refractivity contribution is 5.92. The molecule has 0 aliphatic rings. The molecule has 0 radical (unpaired) electrons. The lowest BCUT2D eigenvalue weighted by atomic mass is 10.1. The fraction of sp³-hybridized carbons (Fsp3) is 0.429. The van der Waals surface area contributed by atoms with Crippen molar-refractivity contribution < 1.29 is 14.7 Å². The van der Waals surface area contributed by atoms with Crippen LogP contribution >= 0.6 is 0 Å². The van der Waals surface area contributed by atoms with Gasteiger partial charge in [0.25, 0.3) is 0 Å². The lowest BCUT2D eigenvalue weighted by Gasteiger charge is -1.99. The number of nitrogens with two attached hydrogens (primary N) is 1. The highest BCUT2D eigenvalue weighted by Crippen LogP contribution is 2.01. The van der Waals surface area contributed by atoms with Gasteiger partial charge < -0.3 is 10.8 Å². The second-order valence-corrected chi connectivity index (χ2v) is 2.34. The largest absolute Gasteiger partial charge is 0.481 e. The van der Waals surface area contributed by atoms with Gasteiger partial charge in [-0.25, -0.2) is 0 Å². The van der Waals surface area contributed by atoms with Crippen molar-refractivity contribution in [3.05, 3.63) is 11.6 Å².